The van der Waals surface area contributed by atoms with Crippen LogP contribution < -0.4 is 0 Å². The Balaban J connectivity index is 0.000000222. The summed E-state index contributed by atoms with van der Waals surface area (Å²) in [6.07, 6.45) is 5.37. The Labute approximate surface area is 56.0 Å². The van der Waals surface area contributed by atoms with Gasteiger partial charge in [0.15, 0.2) is 0 Å². The maximum atomic E-state index is 2.37. The van der Waals surface area contributed by atoms with Crippen LogP contribution in [0.1, 0.15) is 26.7 Å². The van der Waals surface area contributed by atoms with Gasteiger partial charge in [0.2, 0.25) is 0 Å². The van der Waals surface area contributed by atoms with E-state index in [4.69, 9.17) is 0 Å². The van der Waals surface area contributed by atoms with Crippen LogP contribution >= 0.6 is 0 Å². The van der Waals surface area contributed by atoms with Gasteiger partial charge in [0, 0.05) is 0 Å². The molecule has 0 aromatic carbocycles. The Kier molecular flexibility index (Phi) is 5.73. The van der Waals surface area contributed by atoms with Crippen LogP contribution in [0, 0.1) is 0 Å². The normalized spacial score (nSPS) is 19.9. The summed E-state index contributed by atoms with van der Waals surface area (Å²) in [6, 6.07) is 0. The van der Waals surface area contributed by atoms with Crippen LogP contribution in [0.25, 0.3) is 0 Å². The van der Waals surface area contributed by atoms with Crippen molar-refractivity contribution in [1.29, 1.82) is 0 Å². The van der Waals surface area contributed by atoms with Crippen molar-refractivity contribution in [3.05, 3.63) is 0 Å². The van der Waals surface area contributed by atoms with Gasteiger partial charge in [-0.05, 0) is 23.7 Å². The van der Waals surface area contributed by atoms with E-state index in [1.807, 2.05) is 13.8 Å². The highest BCUT2D eigenvalue weighted by Gasteiger charge is 2.16. The average Bonchev–Trinajstić information content (AvgIpc) is 2.24. The second-order valence-corrected chi connectivity index (χ2v) is 4.28. The smallest absolute Gasteiger partial charge is 0.0683 e. The molecule has 8 heavy (non-hydrogen) atoms. The molecule has 0 atom stereocenters. The highest BCUT2D eigenvalue weighted by Crippen LogP contribution is 2.08. The van der Waals surface area contributed by atoms with Crippen molar-refractivity contribution >= 4 is 10.9 Å². The number of rotatable bonds is 0. The minimum Gasteiger partial charge on any atom is -0.0683 e. The molecule has 0 aromatic heterocycles. The lowest BCUT2D eigenvalue weighted by Crippen LogP contribution is -1.96. The zero-order chi connectivity index (χ0) is 6.41. The molecule has 0 aliphatic carbocycles. The van der Waals surface area contributed by atoms with Crippen LogP contribution in [0.4, 0.5) is 0 Å². The molecule has 50 valence electrons. The minimum atomic E-state index is 0.827. The fraction of sp³-hybridized carbons (Fsp3) is 1.00. The maximum absolute atomic E-state index is 2.37. The Morgan fingerprint density at radius 1 is 1.00 bits per heavy atom. The van der Waals surface area contributed by atoms with Gasteiger partial charge in [0.1, 0.15) is 11.5 Å². The quantitative estimate of drug-likeness (QED) is 0.444. The minimum absolute atomic E-state index is 0.827. The van der Waals surface area contributed by atoms with Crippen LogP contribution in [0.3, 0.4) is 0 Å². The van der Waals surface area contributed by atoms with E-state index in [2.05, 4.69) is 6.26 Å². The van der Waals surface area contributed by atoms with Crippen LogP contribution in [0.2, 0.25) is 0 Å². The molecule has 0 saturated carbocycles. The molecule has 0 aromatic rings. The third-order valence-corrected chi connectivity index (χ3v) is 3.21. The summed E-state index contributed by atoms with van der Waals surface area (Å²) in [6.45, 7) is 4.00. The lowest BCUT2D eigenvalue weighted by molar-refractivity contribution is 0.949. The third-order valence-electron chi connectivity index (χ3n) is 1.24. The summed E-state index contributed by atoms with van der Waals surface area (Å²) in [5.41, 5.74) is 0. The highest BCUT2D eigenvalue weighted by atomic mass is 32.2. The molecular weight excluding hydrogens is 116 g/mol. The van der Waals surface area contributed by atoms with Crippen LogP contribution in [-0.2, 0) is 10.9 Å². The zero-order valence-corrected chi connectivity index (χ0v) is 7.05. The van der Waals surface area contributed by atoms with E-state index >= 15 is 0 Å². The Morgan fingerprint density at radius 3 is 1.50 bits per heavy atom. The summed E-state index contributed by atoms with van der Waals surface area (Å²) >= 11 is 0. The molecule has 0 radical (unpaired) electrons. The second kappa shape index (κ2) is 5.49. The first kappa shape index (κ1) is 8.35. The monoisotopic (exact) mass is 133 g/mol. The van der Waals surface area contributed by atoms with Gasteiger partial charge in [0.05, 0.1) is 6.26 Å². The van der Waals surface area contributed by atoms with Crippen molar-refractivity contribution in [3.8, 4) is 0 Å². The fourth-order valence-corrected chi connectivity index (χ4v) is 2.40. The van der Waals surface area contributed by atoms with E-state index in [1.54, 1.807) is 0 Å². The molecule has 1 aliphatic heterocycles. The Bertz CT molecular complexity index is 37.7. The molecule has 1 heterocycles. The first-order chi connectivity index (χ1) is 3.89. The molecule has 1 saturated heterocycles. The van der Waals surface area contributed by atoms with E-state index in [0.717, 1.165) is 10.9 Å². The molecule has 0 bridgehead atoms. The van der Waals surface area contributed by atoms with Crippen LogP contribution in [0.5, 0.6) is 0 Å². The summed E-state index contributed by atoms with van der Waals surface area (Å²) in [4.78, 5) is 0. The molecule has 1 fully saturated rings. The summed E-state index contributed by atoms with van der Waals surface area (Å²) in [7, 11) is 0.827. The first-order valence-electron chi connectivity index (χ1n) is 3.49. The van der Waals surface area contributed by atoms with E-state index < -0.39 is 0 Å². The van der Waals surface area contributed by atoms with Gasteiger partial charge in [0.25, 0.3) is 0 Å². The van der Waals surface area contributed by atoms with Crippen molar-refractivity contribution in [2.45, 2.75) is 26.7 Å². The summed E-state index contributed by atoms with van der Waals surface area (Å²) in [5, 5.41) is 0. The molecule has 0 nitrogen and oxygen atoms in total. The lowest BCUT2D eigenvalue weighted by atomic mass is 10.4. The topological polar surface area (TPSA) is 0 Å². The first-order valence-corrected chi connectivity index (χ1v) is 5.46. The van der Waals surface area contributed by atoms with Crippen molar-refractivity contribution in [1.82, 2.24) is 0 Å². The fourth-order valence-electron chi connectivity index (χ4n) is 0.799. The molecule has 0 spiro atoms. The van der Waals surface area contributed by atoms with Crippen molar-refractivity contribution in [2.24, 2.45) is 0 Å². The van der Waals surface area contributed by atoms with E-state index in [1.165, 1.54) is 24.3 Å². The van der Waals surface area contributed by atoms with Crippen LogP contribution in [-0.4, -0.2) is 17.8 Å². The molecule has 0 unspecified atom stereocenters. The predicted molar refractivity (Wildman–Crippen MR) is 43.6 cm³/mol. The van der Waals surface area contributed by atoms with E-state index in [-0.39, 0.29) is 0 Å². The Morgan fingerprint density at radius 2 is 1.38 bits per heavy atom. The van der Waals surface area contributed by atoms with Crippen LogP contribution in [0.15, 0.2) is 0 Å². The third kappa shape index (κ3) is 3.36. The molecular formula is C7H17S+. The van der Waals surface area contributed by atoms with Gasteiger partial charge in [-0.15, -0.1) is 0 Å². The summed E-state index contributed by atoms with van der Waals surface area (Å²) in [5.74, 6) is 3.03. The second-order valence-electron chi connectivity index (χ2n) is 1.90. The maximum Gasteiger partial charge on any atom is 0.108 e. The Hall–Kier alpha value is 0.350. The lowest BCUT2D eigenvalue weighted by Gasteiger charge is -1.81. The van der Waals surface area contributed by atoms with Gasteiger partial charge in [-0.25, -0.2) is 0 Å². The highest BCUT2D eigenvalue weighted by molar-refractivity contribution is 7.96. The predicted octanol–water partition coefficient (Wildman–Crippen LogP) is 2.05. The number of hydrogen-bond acceptors (Lipinski definition) is 0. The zero-order valence-electron chi connectivity index (χ0n) is 6.24. The largest absolute Gasteiger partial charge is 0.108 e. The average molecular weight is 133 g/mol. The molecule has 0 N–H and O–H groups in total. The number of hydrogen-bond donors (Lipinski definition) is 0. The molecule has 0 amide bonds. The van der Waals surface area contributed by atoms with E-state index in [0.29, 0.717) is 0 Å². The van der Waals surface area contributed by atoms with E-state index in [9.17, 15) is 0 Å². The SMILES string of the molecule is CC.C[S+]1CCCC1. The molecule has 1 aliphatic rings. The van der Waals surface area contributed by atoms with Crippen molar-refractivity contribution in [2.75, 3.05) is 17.8 Å². The van der Waals surface area contributed by atoms with Gasteiger partial charge in [-0.2, -0.15) is 0 Å². The standard InChI is InChI=1S/C5H11S.C2H6/c1-6-4-2-3-5-6;1-2/h2-5H2,1H3;1-2H3/q+1;. The van der Waals surface area contributed by atoms with Crippen molar-refractivity contribution < 1.29 is 0 Å². The van der Waals surface area contributed by atoms with Gasteiger partial charge >= 0.3 is 0 Å². The summed E-state index contributed by atoms with van der Waals surface area (Å²) < 4.78 is 0. The van der Waals surface area contributed by atoms with Gasteiger partial charge in [-0.1, -0.05) is 13.8 Å². The van der Waals surface area contributed by atoms with Gasteiger partial charge < -0.3 is 0 Å². The van der Waals surface area contributed by atoms with Gasteiger partial charge in [-0.3, -0.25) is 0 Å². The van der Waals surface area contributed by atoms with Crippen molar-refractivity contribution in [3.63, 3.8) is 0 Å². The molecule has 1 rings (SSSR count). The molecule has 1 heteroatoms.